The van der Waals surface area contributed by atoms with E-state index in [9.17, 15) is 10.2 Å². The van der Waals surface area contributed by atoms with Crippen LogP contribution in [0.2, 0.25) is 0 Å². The van der Waals surface area contributed by atoms with Crippen molar-refractivity contribution in [2.24, 2.45) is 28.6 Å². The maximum absolute atomic E-state index is 11.6. The number of aliphatic hydroxyl groups is 2. The van der Waals surface area contributed by atoms with Crippen LogP contribution in [0, 0.1) is 28.6 Å². The third kappa shape index (κ3) is 4.84. The van der Waals surface area contributed by atoms with Gasteiger partial charge in [0.15, 0.2) is 11.5 Å². The first kappa shape index (κ1) is 27.7. The quantitative estimate of drug-likeness (QED) is 0.404. The van der Waals surface area contributed by atoms with E-state index in [2.05, 4.69) is 50.8 Å². The van der Waals surface area contributed by atoms with Crippen molar-refractivity contribution in [2.45, 2.75) is 84.8 Å². The number of hydrogen-bond acceptors (Lipinski definition) is 5. The Morgan fingerprint density at radius 1 is 1.03 bits per heavy atom. The first-order chi connectivity index (χ1) is 18.2. The molecule has 1 aromatic rings. The Labute approximate surface area is 229 Å². The van der Waals surface area contributed by atoms with Gasteiger partial charge < -0.3 is 24.6 Å². The van der Waals surface area contributed by atoms with E-state index in [4.69, 9.17) is 9.47 Å². The Balaban J connectivity index is 1.34. The SMILES string of the molecule is CCN(CC)CCOc1ccc(/C=C2\C[C@H]3[C@H]4CC=C5C[C@@H](O)CC[C@]5(C)[C@H]4CC[C@]3(C)[C@H]2O)cc1OC. The largest absolute Gasteiger partial charge is 0.493 e. The molecular formula is C33H49NO4. The Bertz CT molecular complexity index is 1060. The molecule has 0 radical (unpaired) electrons. The van der Waals surface area contributed by atoms with E-state index in [0.717, 1.165) is 80.8 Å². The number of likely N-dealkylation sites (N-methyl/N-ethyl adjacent to an activating group) is 1. The maximum atomic E-state index is 11.6. The molecule has 0 bridgehead atoms. The fraction of sp³-hybridized carbons (Fsp3) is 0.697. The maximum Gasteiger partial charge on any atom is 0.161 e. The number of allylic oxidation sites excluding steroid dienone is 1. The average Bonchev–Trinajstić information content (AvgIpc) is 3.17. The minimum atomic E-state index is -0.407. The van der Waals surface area contributed by atoms with Crippen LogP contribution in [-0.2, 0) is 0 Å². The lowest BCUT2D eigenvalue weighted by atomic mass is 9.48. The van der Waals surface area contributed by atoms with E-state index in [1.807, 2.05) is 12.1 Å². The van der Waals surface area contributed by atoms with Crippen molar-refractivity contribution in [3.63, 3.8) is 0 Å². The van der Waals surface area contributed by atoms with Crippen molar-refractivity contribution >= 4 is 6.08 Å². The van der Waals surface area contributed by atoms with Gasteiger partial charge in [-0.05, 0) is 104 Å². The molecule has 0 saturated heterocycles. The third-order valence-electron chi connectivity index (χ3n) is 11.0. The monoisotopic (exact) mass is 523 g/mol. The molecule has 4 aliphatic carbocycles. The molecule has 0 amide bonds. The summed E-state index contributed by atoms with van der Waals surface area (Å²) >= 11 is 0. The van der Waals surface area contributed by atoms with E-state index in [0.29, 0.717) is 24.4 Å². The van der Waals surface area contributed by atoms with Crippen molar-refractivity contribution in [1.82, 2.24) is 4.90 Å². The normalized spacial score (nSPS) is 37.4. The number of fused-ring (bicyclic) bond motifs is 5. The topological polar surface area (TPSA) is 62.2 Å². The molecule has 7 atom stereocenters. The van der Waals surface area contributed by atoms with Gasteiger partial charge in [-0.1, -0.05) is 51.5 Å². The highest BCUT2D eigenvalue weighted by Gasteiger charge is 2.59. The number of nitrogens with zero attached hydrogens (tertiary/aromatic N) is 1. The van der Waals surface area contributed by atoms with Crippen LogP contribution in [0.25, 0.3) is 6.08 Å². The average molecular weight is 524 g/mol. The molecule has 3 fully saturated rings. The van der Waals surface area contributed by atoms with Crippen molar-refractivity contribution in [3.05, 3.63) is 41.0 Å². The summed E-state index contributed by atoms with van der Waals surface area (Å²) in [6.07, 6.45) is 11.3. The smallest absolute Gasteiger partial charge is 0.161 e. The zero-order valence-electron chi connectivity index (χ0n) is 24.2. The Morgan fingerprint density at radius 2 is 1.82 bits per heavy atom. The van der Waals surface area contributed by atoms with Gasteiger partial charge in [-0.2, -0.15) is 0 Å². The zero-order valence-corrected chi connectivity index (χ0v) is 24.2. The summed E-state index contributed by atoms with van der Waals surface area (Å²) in [4.78, 5) is 2.35. The summed E-state index contributed by atoms with van der Waals surface area (Å²) in [6.45, 7) is 12.7. The molecule has 0 aliphatic heterocycles. The second kappa shape index (κ2) is 11.0. The van der Waals surface area contributed by atoms with E-state index in [1.165, 1.54) is 12.0 Å². The van der Waals surface area contributed by atoms with Crippen LogP contribution in [-0.4, -0.2) is 60.7 Å². The van der Waals surface area contributed by atoms with Crippen molar-refractivity contribution in [1.29, 1.82) is 0 Å². The lowest BCUT2D eigenvalue weighted by Crippen LogP contribution is -2.51. The number of hydrogen-bond donors (Lipinski definition) is 2. The predicted octanol–water partition coefficient (Wildman–Crippen LogP) is 6.09. The van der Waals surface area contributed by atoms with Gasteiger partial charge in [-0.3, -0.25) is 0 Å². The molecule has 3 saturated carbocycles. The number of rotatable bonds is 8. The van der Waals surface area contributed by atoms with Gasteiger partial charge in [0.1, 0.15) is 6.61 Å². The molecule has 1 aromatic carbocycles. The van der Waals surface area contributed by atoms with Gasteiger partial charge in [-0.25, -0.2) is 0 Å². The van der Waals surface area contributed by atoms with Crippen LogP contribution in [0.3, 0.4) is 0 Å². The summed E-state index contributed by atoms with van der Waals surface area (Å²) in [5, 5.41) is 21.9. The second-order valence-corrected chi connectivity index (χ2v) is 12.8. The fourth-order valence-corrected chi connectivity index (χ4v) is 8.57. The minimum Gasteiger partial charge on any atom is -0.493 e. The lowest BCUT2D eigenvalue weighted by molar-refractivity contribution is -0.0685. The highest BCUT2D eigenvalue weighted by Crippen LogP contribution is 2.65. The highest BCUT2D eigenvalue weighted by molar-refractivity contribution is 5.60. The van der Waals surface area contributed by atoms with E-state index < -0.39 is 6.10 Å². The summed E-state index contributed by atoms with van der Waals surface area (Å²) in [5.41, 5.74) is 3.87. The van der Waals surface area contributed by atoms with E-state index >= 15 is 0 Å². The van der Waals surface area contributed by atoms with Gasteiger partial charge in [-0.15, -0.1) is 0 Å². The van der Waals surface area contributed by atoms with Gasteiger partial charge >= 0.3 is 0 Å². The van der Waals surface area contributed by atoms with Crippen LogP contribution in [0.15, 0.2) is 35.4 Å². The summed E-state index contributed by atoms with van der Waals surface area (Å²) in [7, 11) is 1.69. The molecule has 5 heteroatoms. The third-order valence-corrected chi connectivity index (χ3v) is 11.0. The molecule has 210 valence electrons. The number of ether oxygens (including phenoxy) is 2. The van der Waals surface area contributed by atoms with E-state index in [1.54, 1.807) is 7.11 Å². The Morgan fingerprint density at radius 3 is 2.55 bits per heavy atom. The molecule has 5 nitrogen and oxygen atoms in total. The second-order valence-electron chi connectivity index (χ2n) is 12.8. The molecule has 0 aromatic heterocycles. The van der Waals surface area contributed by atoms with Crippen LogP contribution in [0.5, 0.6) is 11.5 Å². The first-order valence-corrected chi connectivity index (χ1v) is 15.0. The Kier molecular flexibility index (Phi) is 8.01. The summed E-state index contributed by atoms with van der Waals surface area (Å²) in [5.74, 6) is 3.27. The Hall–Kier alpha value is -1.82. The molecule has 2 N–H and O–H groups in total. The first-order valence-electron chi connectivity index (χ1n) is 15.0. The van der Waals surface area contributed by atoms with Crippen LogP contribution < -0.4 is 9.47 Å². The van der Waals surface area contributed by atoms with Crippen LogP contribution >= 0.6 is 0 Å². The predicted molar refractivity (Wildman–Crippen MR) is 153 cm³/mol. The van der Waals surface area contributed by atoms with E-state index in [-0.39, 0.29) is 16.9 Å². The van der Waals surface area contributed by atoms with Gasteiger partial charge in [0.05, 0.1) is 19.3 Å². The lowest BCUT2D eigenvalue weighted by Gasteiger charge is -2.57. The van der Waals surface area contributed by atoms with Crippen molar-refractivity contribution < 1.29 is 19.7 Å². The van der Waals surface area contributed by atoms with Gasteiger partial charge in [0.25, 0.3) is 0 Å². The van der Waals surface area contributed by atoms with Crippen molar-refractivity contribution in [2.75, 3.05) is 33.4 Å². The number of aliphatic hydroxyl groups excluding tert-OH is 2. The highest BCUT2D eigenvalue weighted by atomic mass is 16.5. The van der Waals surface area contributed by atoms with Crippen molar-refractivity contribution in [3.8, 4) is 11.5 Å². The number of benzene rings is 1. The summed E-state index contributed by atoms with van der Waals surface area (Å²) < 4.78 is 11.7. The number of methoxy groups -OCH3 is 1. The standard InChI is InChI=1S/C33H49NO4/c1-6-34(7-2)16-17-38-29-11-8-22(19-30(29)37-5)18-23-20-28-26-10-9-24-21-25(35)12-14-32(24,3)27(26)13-15-33(28,4)31(23)36/h8-9,11,18-19,25-28,31,35-36H,6-7,10,12-17,20-21H2,1-5H3/b23-18+/t25-,26-,27-,28-,31-,32-,33-/m0/s1. The molecule has 38 heavy (non-hydrogen) atoms. The summed E-state index contributed by atoms with van der Waals surface area (Å²) in [6, 6.07) is 6.14. The zero-order chi connectivity index (χ0) is 27.1. The molecule has 4 aliphatic rings. The van der Waals surface area contributed by atoms with Crippen LogP contribution in [0.1, 0.15) is 78.2 Å². The molecule has 0 heterocycles. The molecule has 0 spiro atoms. The van der Waals surface area contributed by atoms with Gasteiger partial charge in [0.2, 0.25) is 0 Å². The van der Waals surface area contributed by atoms with Crippen LogP contribution in [0.4, 0.5) is 0 Å². The molecular weight excluding hydrogens is 474 g/mol. The molecule has 0 unspecified atom stereocenters. The minimum absolute atomic E-state index is 0.0690. The molecule has 5 rings (SSSR count). The van der Waals surface area contributed by atoms with Gasteiger partial charge in [0, 0.05) is 12.0 Å². The fourth-order valence-electron chi connectivity index (χ4n) is 8.57.